The van der Waals surface area contributed by atoms with Crippen LogP contribution in [-0.4, -0.2) is 70.0 Å². The number of halogens is 1. The molecule has 0 aliphatic carbocycles. The third-order valence-corrected chi connectivity index (χ3v) is 7.24. The predicted molar refractivity (Wildman–Crippen MR) is 143 cm³/mol. The standard InChI is InChI=1S/C26H30ClN7O4/c1-4-33-12-16(11-29-33)23-20(27)10-21-24(31-23)34(18-6-8-32(21)13-18)25(35)30-17-5-7-28-22(9-17)36-14-19-15-37-26(2,3)38-19/h5,7,9-12,18-19H,4,6,8,13-15H2,1-3H3,(H,28,30,35)/t18?,19-/m1/s1. The molecule has 3 aromatic heterocycles. The van der Waals surface area contributed by atoms with E-state index >= 15 is 0 Å². The van der Waals surface area contributed by atoms with E-state index in [1.54, 1.807) is 29.4 Å². The average molecular weight is 540 g/mol. The number of pyridine rings is 2. The number of anilines is 3. The van der Waals surface area contributed by atoms with Gasteiger partial charge in [0.05, 0.1) is 35.2 Å². The van der Waals surface area contributed by atoms with Crippen LogP contribution in [0.2, 0.25) is 5.02 Å². The summed E-state index contributed by atoms with van der Waals surface area (Å²) in [6.07, 6.45) is 5.91. The van der Waals surface area contributed by atoms with Crippen molar-refractivity contribution in [3.05, 3.63) is 41.8 Å². The van der Waals surface area contributed by atoms with Crippen molar-refractivity contribution in [1.82, 2.24) is 19.7 Å². The van der Waals surface area contributed by atoms with Gasteiger partial charge < -0.3 is 24.4 Å². The zero-order valence-corrected chi connectivity index (χ0v) is 22.3. The van der Waals surface area contributed by atoms with Crippen molar-refractivity contribution in [1.29, 1.82) is 0 Å². The van der Waals surface area contributed by atoms with Gasteiger partial charge in [0.15, 0.2) is 11.6 Å². The van der Waals surface area contributed by atoms with E-state index in [-0.39, 0.29) is 18.2 Å². The molecule has 2 bridgehead atoms. The Balaban J connectivity index is 1.22. The maximum Gasteiger partial charge on any atom is 0.327 e. The molecule has 3 aliphatic rings. The Kier molecular flexibility index (Phi) is 6.37. The highest BCUT2D eigenvalue weighted by Crippen LogP contribution is 2.43. The molecular weight excluding hydrogens is 510 g/mol. The lowest BCUT2D eigenvalue weighted by atomic mass is 10.1. The monoisotopic (exact) mass is 539 g/mol. The van der Waals surface area contributed by atoms with E-state index in [1.807, 2.05) is 37.7 Å². The summed E-state index contributed by atoms with van der Waals surface area (Å²) in [5, 5.41) is 7.89. The van der Waals surface area contributed by atoms with E-state index in [0.717, 1.165) is 37.3 Å². The van der Waals surface area contributed by atoms with Crippen molar-refractivity contribution >= 4 is 34.8 Å². The molecule has 2 atom stereocenters. The summed E-state index contributed by atoms with van der Waals surface area (Å²) in [7, 11) is 0. The number of aryl methyl sites for hydroxylation is 1. The number of carbonyl (C=O) groups is 1. The molecule has 12 heteroatoms. The molecule has 0 spiro atoms. The lowest BCUT2D eigenvalue weighted by Gasteiger charge is -2.36. The third-order valence-electron chi connectivity index (χ3n) is 6.95. The minimum atomic E-state index is -0.619. The van der Waals surface area contributed by atoms with E-state index in [2.05, 4.69) is 20.3 Å². The van der Waals surface area contributed by atoms with Gasteiger partial charge in [-0.1, -0.05) is 11.6 Å². The second-order valence-corrected chi connectivity index (χ2v) is 10.5. The lowest BCUT2D eigenvalue weighted by molar-refractivity contribution is -0.141. The number of hydrogen-bond acceptors (Lipinski definition) is 8. The molecule has 38 heavy (non-hydrogen) atoms. The van der Waals surface area contributed by atoms with Crippen LogP contribution in [0.3, 0.4) is 0 Å². The van der Waals surface area contributed by atoms with Crippen molar-refractivity contribution in [2.24, 2.45) is 0 Å². The Bertz CT molecular complexity index is 1360. The quantitative estimate of drug-likeness (QED) is 0.497. The number of nitrogens with zero attached hydrogens (tertiary/aromatic N) is 6. The molecular formula is C26H30ClN7O4. The fourth-order valence-corrected chi connectivity index (χ4v) is 5.38. The molecule has 11 nitrogen and oxygen atoms in total. The van der Waals surface area contributed by atoms with Gasteiger partial charge in [-0.3, -0.25) is 9.58 Å². The Labute approximate surface area is 225 Å². The van der Waals surface area contributed by atoms with Crippen LogP contribution in [-0.2, 0) is 16.0 Å². The van der Waals surface area contributed by atoms with Crippen molar-refractivity contribution in [3.8, 4) is 17.1 Å². The summed E-state index contributed by atoms with van der Waals surface area (Å²) < 4.78 is 19.0. The normalized spacial score (nSPS) is 21.5. The molecule has 3 aliphatic heterocycles. The fourth-order valence-electron chi connectivity index (χ4n) is 5.12. The van der Waals surface area contributed by atoms with E-state index in [0.29, 0.717) is 41.3 Å². The van der Waals surface area contributed by atoms with Crippen molar-refractivity contribution < 1.29 is 19.0 Å². The lowest BCUT2D eigenvalue weighted by Crippen LogP contribution is -2.48. The number of amides is 2. The van der Waals surface area contributed by atoms with Gasteiger partial charge >= 0.3 is 6.03 Å². The second kappa shape index (κ2) is 9.72. The molecule has 6 rings (SSSR count). The first-order valence-electron chi connectivity index (χ1n) is 12.8. The van der Waals surface area contributed by atoms with Crippen LogP contribution in [0.4, 0.5) is 22.0 Å². The van der Waals surface area contributed by atoms with E-state index in [4.69, 9.17) is 30.8 Å². The summed E-state index contributed by atoms with van der Waals surface area (Å²) >= 11 is 6.67. The van der Waals surface area contributed by atoms with Crippen LogP contribution in [0.25, 0.3) is 11.3 Å². The highest BCUT2D eigenvalue weighted by Gasteiger charge is 2.41. The maximum absolute atomic E-state index is 13.7. The van der Waals surface area contributed by atoms with Crippen LogP contribution in [0.1, 0.15) is 27.2 Å². The highest BCUT2D eigenvalue weighted by molar-refractivity contribution is 6.33. The van der Waals surface area contributed by atoms with Gasteiger partial charge in [-0.2, -0.15) is 5.10 Å². The highest BCUT2D eigenvalue weighted by atomic mass is 35.5. The third kappa shape index (κ3) is 4.77. The van der Waals surface area contributed by atoms with Crippen LogP contribution in [0, 0.1) is 0 Å². The zero-order chi connectivity index (χ0) is 26.4. The molecule has 1 unspecified atom stereocenters. The smallest absolute Gasteiger partial charge is 0.327 e. The van der Waals surface area contributed by atoms with Crippen molar-refractivity contribution in [3.63, 3.8) is 0 Å². The van der Waals surface area contributed by atoms with Gasteiger partial charge in [0, 0.05) is 49.3 Å². The molecule has 2 amide bonds. The molecule has 3 aromatic rings. The Hall–Kier alpha value is -3.41. The summed E-state index contributed by atoms with van der Waals surface area (Å²) in [6, 6.07) is 5.06. The molecule has 0 aromatic carbocycles. The first-order valence-corrected chi connectivity index (χ1v) is 13.2. The average Bonchev–Trinajstić information content (AvgIpc) is 3.62. The molecule has 0 radical (unpaired) electrons. The number of urea groups is 1. The van der Waals surface area contributed by atoms with Gasteiger partial charge in [-0.15, -0.1) is 0 Å². The Morgan fingerprint density at radius 2 is 2.21 bits per heavy atom. The number of carbonyl (C=O) groups excluding carboxylic acids is 1. The Morgan fingerprint density at radius 1 is 1.34 bits per heavy atom. The minimum absolute atomic E-state index is 0.00261. The molecule has 0 saturated carbocycles. The van der Waals surface area contributed by atoms with Gasteiger partial charge in [-0.05, 0) is 39.3 Å². The zero-order valence-electron chi connectivity index (χ0n) is 21.6. The van der Waals surface area contributed by atoms with E-state index in [1.165, 1.54) is 0 Å². The van der Waals surface area contributed by atoms with Crippen molar-refractivity contribution in [2.75, 3.05) is 41.4 Å². The van der Waals surface area contributed by atoms with Crippen LogP contribution < -0.4 is 19.9 Å². The van der Waals surface area contributed by atoms with Crippen molar-refractivity contribution in [2.45, 2.75) is 51.7 Å². The first kappa shape index (κ1) is 24.9. The summed E-state index contributed by atoms with van der Waals surface area (Å²) in [6.45, 7) is 8.82. The second-order valence-electron chi connectivity index (χ2n) is 10.1. The largest absolute Gasteiger partial charge is 0.475 e. The van der Waals surface area contributed by atoms with Crippen LogP contribution in [0.15, 0.2) is 36.8 Å². The molecule has 200 valence electrons. The van der Waals surface area contributed by atoms with E-state index < -0.39 is 5.79 Å². The van der Waals surface area contributed by atoms with Crippen LogP contribution in [0.5, 0.6) is 5.88 Å². The molecule has 2 fully saturated rings. The number of aromatic nitrogens is 4. The fraction of sp³-hybridized carbons (Fsp3) is 0.462. The molecule has 2 saturated heterocycles. The molecule has 6 heterocycles. The minimum Gasteiger partial charge on any atom is -0.475 e. The maximum atomic E-state index is 13.7. The van der Waals surface area contributed by atoms with Crippen LogP contribution >= 0.6 is 11.6 Å². The predicted octanol–water partition coefficient (Wildman–Crippen LogP) is 4.17. The Morgan fingerprint density at radius 3 is 2.97 bits per heavy atom. The molecule has 1 N–H and O–H groups in total. The number of rotatable bonds is 6. The van der Waals surface area contributed by atoms with E-state index in [9.17, 15) is 4.79 Å². The first-order chi connectivity index (χ1) is 18.3. The number of nitrogens with one attached hydrogen (secondary N) is 1. The SMILES string of the molecule is CCn1cc(-c2nc3c(cc2Cl)N2CCC(C2)N3C(=O)Nc2ccnc(OC[C@@H]3COC(C)(C)O3)c2)cn1. The number of fused-ring (bicyclic) bond motifs is 4. The summed E-state index contributed by atoms with van der Waals surface area (Å²) in [5.74, 6) is 0.362. The van der Waals surface area contributed by atoms with Gasteiger partial charge in [0.1, 0.15) is 12.7 Å². The van der Waals surface area contributed by atoms with Gasteiger partial charge in [-0.25, -0.2) is 14.8 Å². The van der Waals surface area contributed by atoms with Gasteiger partial charge in [0.25, 0.3) is 0 Å². The topological polar surface area (TPSA) is 107 Å². The van der Waals surface area contributed by atoms with Gasteiger partial charge in [0.2, 0.25) is 5.88 Å². The summed E-state index contributed by atoms with van der Waals surface area (Å²) in [5.41, 5.74) is 2.84. The summed E-state index contributed by atoms with van der Waals surface area (Å²) in [4.78, 5) is 26.8. The number of ether oxygens (including phenoxy) is 3. The number of hydrogen-bond donors (Lipinski definition) is 1.